The summed E-state index contributed by atoms with van der Waals surface area (Å²) in [5.41, 5.74) is 1.50. The lowest BCUT2D eigenvalue weighted by molar-refractivity contribution is -0.119. The predicted molar refractivity (Wildman–Crippen MR) is 115 cm³/mol. The number of carbonyl (C=O) groups is 1. The molecule has 1 aromatic carbocycles. The largest absolute Gasteiger partial charge is 0.379 e. The van der Waals surface area contributed by atoms with E-state index in [1.165, 1.54) is 17.1 Å². The van der Waals surface area contributed by atoms with Crippen LogP contribution in [0.5, 0.6) is 0 Å². The standard InChI is InChI=1S/C21H33N3O4S/c1-3-17(2)21(25)22-19-16-18(29(26,27)24-12-14-28-15-13-24)8-9-20(19)23-10-6-4-5-7-11-23/h8-9,16-17H,3-7,10-15H2,1-2H3,(H,22,25). The molecule has 2 saturated heterocycles. The number of sulfonamides is 1. The molecule has 1 N–H and O–H groups in total. The van der Waals surface area contributed by atoms with Crippen molar-refractivity contribution in [2.45, 2.75) is 50.8 Å². The van der Waals surface area contributed by atoms with Gasteiger partial charge >= 0.3 is 0 Å². The van der Waals surface area contributed by atoms with Crippen LogP contribution in [0.1, 0.15) is 46.0 Å². The number of rotatable bonds is 6. The third-order valence-electron chi connectivity index (χ3n) is 5.84. The first-order valence-corrected chi connectivity index (χ1v) is 12.1. The minimum absolute atomic E-state index is 0.0792. The van der Waals surface area contributed by atoms with Crippen molar-refractivity contribution in [1.82, 2.24) is 4.31 Å². The number of anilines is 2. The van der Waals surface area contributed by atoms with Crippen LogP contribution in [0, 0.1) is 5.92 Å². The number of ether oxygens (including phenoxy) is 1. The molecule has 1 atom stereocenters. The maximum absolute atomic E-state index is 13.1. The van der Waals surface area contributed by atoms with E-state index in [1.807, 2.05) is 19.9 Å². The van der Waals surface area contributed by atoms with Gasteiger partial charge in [0.25, 0.3) is 0 Å². The van der Waals surface area contributed by atoms with Crippen LogP contribution >= 0.6 is 0 Å². The normalized spacial score (nSPS) is 20.1. The monoisotopic (exact) mass is 423 g/mol. The fraction of sp³-hybridized carbons (Fsp3) is 0.667. The first-order valence-electron chi connectivity index (χ1n) is 10.7. The van der Waals surface area contributed by atoms with E-state index < -0.39 is 10.0 Å². The van der Waals surface area contributed by atoms with Crippen LogP contribution in [0.15, 0.2) is 23.1 Å². The summed E-state index contributed by atoms with van der Waals surface area (Å²) in [6, 6.07) is 5.15. The zero-order chi connectivity index (χ0) is 20.9. The van der Waals surface area contributed by atoms with Crippen molar-refractivity contribution in [2.24, 2.45) is 5.92 Å². The SMILES string of the molecule is CCC(C)C(=O)Nc1cc(S(=O)(=O)N2CCOCC2)ccc1N1CCCCCC1. The van der Waals surface area contributed by atoms with E-state index in [0.717, 1.165) is 38.0 Å². The fourth-order valence-electron chi connectivity index (χ4n) is 3.74. The molecule has 0 aromatic heterocycles. The van der Waals surface area contributed by atoms with Gasteiger partial charge in [-0.05, 0) is 37.5 Å². The number of nitrogens with zero attached hydrogens (tertiary/aromatic N) is 2. The molecule has 8 heteroatoms. The molecule has 1 aromatic rings. The molecular formula is C21H33N3O4S. The van der Waals surface area contributed by atoms with Gasteiger partial charge in [-0.15, -0.1) is 0 Å². The van der Waals surface area contributed by atoms with E-state index >= 15 is 0 Å². The van der Waals surface area contributed by atoms with Crippen LogP contribution in [0.2, 0.25) is 0 Å². The quantitative estimate of drug-likeness (QED) is 0.761. The lowest BCUT2D eigenvalue weighted by atomic mass is 10.1. The third kappa shape index (κ3) is 5.29. The van der Waals surface area contributed by atoms with Crippen LogP contribution in [0.3, 0.4) is 0 Å². The Morgan fingerprint density at radius 1 is 1.10 bits per heavy atom. The second-order valence-electron chi connectivity index (χ2n) is 7.90. The van der Waals surface area contributed by atoms with E-state index in [-0.39, 0.29) is 16.7 Å². The molecule has 1 unspecified atom stereocenters. The molecule has 0 saturated carbocycles. The van der Waals surface area contributed by atoms with Gasteiger partial charge in [0.1, 0.15) is 0 Å². The van der Waals surface area contributed by atoms with Crippen LogP contribution in [0.4, 0.5) is 11.4 Å². The molecule has 7 nitrogen and oxygen atoms in total. The van der Waals surface area contributed by atoms with Gasteiger partial charge in [-0.2, -0.15) is 4.31 Å². The highest BCUT2D eigenvalue weighted by molar-refractivity contribution is 7.89. The maximum atomic E-state index is 13.1. The second kappa shape index (κ2) is 9.91. The number of hydrogen-bond donors (Lipinski definition) is 1. The molecular weight excluding hydrogens is 390 g/mol. The second-order valence-corrected chi connectivity index (χ2v) is 9.83. The first-order chi connectivity index (χ1) is 13.9. The van der Waals surface area contributed by atoms with Gasteiger partial charge in [0.05, 0.1) is 29.5 Å². The Morgan fingerprint density at radius 2 is 1.76 bits per heavy atom. The Balaban J connectivity index is 1.95. The van der Waals surface area contributed by atoms with Gasteiger partial charge in [-0.1, -0.05) is 26.7 Å². The minimum atomic E-state index is -3.62. The molecule has 0 radical (unpaired) electrons. The summed E-state index contributed by atoms with van der Waals surface area (Å²) in [6.07, 6.45) is 5.35. The molecule has 2 aliphatic rings. The Kier molecular flexibility index (Phi) is 7.54. The summed E-state index contributed by atoms with van der Waals surface area (Å²) < 4.78 is 32.9. The van der Waals surface area contributed by atoms with Crippen LogP contribution in [0.25, 0.3) is 0 Å². The molecule has 2 fully saturated rings. The summed E-state index contributed by atoms with van der Waals surface area (Å²) in [5.74, 6) is -0.212. The molecule has 29 heavy (non-hydrogen) atoms. The third-order valence-corrected chi connectivity index (χ3v) is 7.74. The molecule has 0 aliphatic carbocycles. The van der Waals surface area contributed by atoms with Gasteiger partial charge in [0, 0.05) is 32.1 Å². The summed E-state index contributed by atoms with van der Waals surface area (Å²) in [5, 5.41) is 3.01. The molecule has 1 amide bonds. The van der Waals surface area contributed by atoms with Crippen LogP contribution < -0.4 is 10.2 Å². The summed E-state index contributed by atoms with van der Waals surface area (Å²) >= 11 is 0. The first kappa shape index (κ1) is 22.1. The van der Waals surface area contributed by atoms with Crippen LogP contribution in [-0.2, 0) is 19.6 Å². The Morgan fingerprint density at radius 3 is 2.38 bits per heavy atom. The van der Waals surface area contributed by atoms with Crippen molar-refractivity contribution < 1.29 is 17.9 Å². The van der Waals surface area contributed by atoms with E-state index in [0.29, 0.717) is 32.0 Å². The molecule has 2 heterocycles. The summed E-state index contributed by atoms with van der Waals surface area (Å²) in [7, 11) is -3.62. The lowest BCUT2D eigenvalue weighted by Gasteiger charge is -2.28. The highest BCUT2D eigenvalue weighted by Gasteiger charge is 2.28. The zero-order valence-electron chi connectivity index (χ0n) is 17.5. The molecule has 0 spiro atoms. The highest BCUT2D eigenvalue weighted by atomic mass is 32.2. The van der Waals surface area contributed by atoms with Gasteiger partial charge in [-0.3, -0.25) is 4.79 Å². The Bertz CT molecular complexity index is 798. The Labute approximate surface area is 174 Å². The number of amides is 1. The fourth-order valence-corrected chi connectivity index (χ4v) is 5.18. The number of morpholine rings is 1. The van der Waals surface area contributed by atoms with E-state index in [2.05, 4.69) is 10.2 Å². The van der Waals surface area contributed by atoms with Crippen molar-refractivity contribution in [2.75, 3.05) is 49.6 Å². The number of carbonyl (C=O) groups excluding carboxylic acids is 1. The number of nitrogens with one attached hydrogen (secondary N) is 1. The molecule has 162 valence electrons. The van der Waals surface area contributed by atoms with Crippen LogP contribution in [-0.4, -0.2) is 58.0 Å². The van der Waals surface area contributed by atoms with E-state index in [9.17, 15) is 13.2 Å². The average molecular weight is 424 g/mol. The van der Waals surface area contributed by atoms with Crippen molar-refractivity contribution in [3.63, 3.8) is 0 Å². The summed E-state index contributed by atoms with van der Waals surface area (Å²) in [4.78, 5) is 15.1. The Hall–Kier alpha value is -1.64. The van der Waals surface area contributed by atoms with Crippen molar-refractivity contribution >= 4 is 27.3 Å². The molecule has 2 aliphatic heterocycles. The molecule has 3 rings (SSSR count). The average Bonchev–Trinajstić information content (AvgIpc) is 3.03. The number of hydrogen-bond acceptors (Lipinski definition) is 5. The van der Waals surface area contributed by atoms with Crippen molar-refractivity contribution in [3.8, 4) is 0 Å². The zero-order valence-corrected chi connectivity index (χ0v) is 18.3. The van der Waals surface area contributed by atoms with Gasteiger partial charge < -0.3 is 15.0 Å². The minimum Gasteiger partial charge on any atom is -0.379 e. The summed E-state index contributed by atoms with van der Waals surface area (Å²) in [6.45, 7) is 7.21. The molecule has 0 bridgehead atoms. The maximum Gasteiger partial charge on any atom is 0.243 e. The van der Waals surface area contributed by atoms with Gasteiger partial charge in [-0.25, -0.2) is 8.42 Å². The lowest BCUT2D eigenvalue weighted by Crippen LogP contribution is -2.40. The van der Waals surface area contributed by atoms with E-state index in [1.54, 1.807) is 12.1 Å². The smallest absolute Gasteiger partial charge is 0.243 e. The van der Waals surface area contributed by atoms with Gasteiger partial charge in [0.2, 0.25) is 15.9 Å². The number of benzene rings is 1. The van der Waals surface area contributed by atoms with Crippen molar-refractivity contribution in [1.29, 1.82) is 0 Å². The van der Waals surface area contributed by atoms with E-state index in [4.69, 9.17) is 4.74 Å². The van der Waals surface area contributed by atoms with Gasteiger partial charge in [0.15, 0.2) is 0 Å². The topological polar surface area (TPSA) is 79.0 Å². The predicted octanol–water partition coefficient (Wildman–Crippen LogP) is 3.07. The van der Waals surface area contributed by atoms with Crippen molar-refractivity contribution in [3.05, 3.63) is 18.2 Å². The highest BCUT2D eigenvalue weighted by Crippen LogP contribution is 2.32.